The van der Waals surface area contributed by atoms with Crippen molar-refractivity contribution in [2.24, 2.45) is 0 Å². The highest BCUT2D eigenvalue weighted by Crippen LogP contribution is 2.33. The number of nitrogens with one attached hydrogen (secondary N) is 2. The van der Waals surface area contributed by atoms with E-state index in [2.05, 4.69) is 10.6 Å². The first-order valence-electron chi connectivity index (χ1n) is 7.93. The average Bonchev–Trinajstić information content (AvgIpc) is 2.62. The van der Waals surface area contributed by atoms with E-state index in [1.165, 1.54) is 0 Å². The van der Waals surface area contributed by atoms with E-state index in [1.807, 2.05) is 0 Å². The zero-order valence-electron chi connectivity index (χ0n) is 13.5. The lowest BCUT2D eigenvalue weighted by molar-refractivity contribution is -0.122. The highest BCUT2D eigenvalue weighted by Gasteiger charge is 2.24. The van der Waals surface area contributed by atoms with Crippen LogP contribution in [-0.2, 0) is 4.79 Å². The fourth-order valence-corrected chi connectivity index (χ4v) is 2.67. The van der Waals surface area contributed by atoms with Gasteiger partial charge in [0.05, 0.1) is 5.69 Å². The maximum atomic E-state index is 12.5. The summed E-state index contributed by atoms with van der Waals surface area (Å²) in [5.74, 6) is 1.25. The van der Waals surface area contributed by atoms with Crippen LogP contribution in [0.2, 0.25) is 0 Å². The molecule has 2 aliphatic rings. The molecule has 25 heavy (non-hydrogen) atoms. The first kappa shape index (κ1) is 15.3. The Morgan fingerprint density at radius 1 is 1.08 bits per heavy atom. The molecular formula is C18H16N2O5. The van der Waals surface area contributed by atoms with Gasteiger partial charge in [-0.3, -0.25) is 9.59 Å². The second-order valence-corrected chi connectivity index (χ2v) is 5.77. The second kappa shape index (κ2) is 6.01. The number of anilines is 2. The number of benzene rings is 2. The number of fused-ring (bicyclic) bond motifs is 2. The minimum atomic E-state index is -0.536. The summed E-state index contributed by atoms with van der Waals surface area (Å²) in [4.78, 5) is 24.2. The summed E-state index contributed by atoms with van der Waals surface area (Å²) in [6.07, 6.45) is -0.536. The minimum absolute atomic E-state index is 0.220. The Hall–Kier alpha value is -3.22. The van der Waals surface area contributed by atoms with Gasteiger partial charge in [-0.15, -0.1) is 0 Å². The van der Waals surface area contributed by atoms with Crippen LogP contribution in [0.5, 0.6) is 17.2 Å². The number of carbonyl (C=O) groups is 2. The largest absolute Gasteiger partial charge is 0.486 e. The van der Waals surface area contributed by atoms with Crippen LogP contribution in [0.25, 0.3) is 0 Å². The first-order valence-corrected chi connectivity index (χ1v) is 7.93. The molecule has 0 aliphatic carbocycles. The van der Waals surface area contributed by atoms with Crippen LogP contribution in [0.1, 0.15) is 17.3 Å². The zero-order valence-corrected chi connectivity index (χ0v) is 13.5. The van der Waals surface area contributed by atoms with E-state index in [-0.39, 0.29) is 11.8 Å². The van der Waals surface area contributed by atoms with Crippen molar-refractivity contribution >= 4 is 23.2 Å². The Morgan fingerprint density at radius 3 is 2.68 bits per heavy atom. The van der Waals surface area contributed by atoms with E-state index in [0.29, 0.717) is 47.4 Å². The highest BCUT2D eigenvalue weighted by molar-refractivity contribution is 6.05. The molecule has 4 rings (SSSR count). The molecule has 2 heterocycles. The molecular weight excluding hydrogens is 324 g/mol. The van der Waals surface area contributed by atoms with Gasteiger partial charge in [0.25, 0.3) is 11.8 Å². The summed E-state index contributed by atoms with van der Waals surface area (Å²) in [7, 11) is 0. The molecule has 2 aromatic rings. The van der Waals surface area contributed by atoms with Crippen molar-refractivity contribution in [2.45, 2.75) is 13.0 Å². The lowest BCUT2D eigenvalue weighted by atomic mass is 10.1. The van der Waals surface area contributed by atoms with Gasteiger partial charge in [0.15, 0.2) is 17.6 Å². The summed E-state index contributed by atoms with van der Waals surface area (Å²) in [6.45, 7) is 2.64. The molecule has 2 aromatic carbocycles. The van der Waals surface area contributed by atoms with E-state index in [4.69, 9.17) is 14.2 Å². The van der Waals surface area contributed by atoms with Gasteiger partial charge >= 0.3 is 0 Å². The molecule has 0 bridgehead atoms. The molecule has 0 radical (unpaired) electrons. The van der Waals surface area contributed by atoms with Gasteiger partial charge in [-0.2, -0.15) is 0 Å². The van der Waals surface area contributed by atoms with Crippen LogP contribution in [-0.4, -0.2) is 31.1 Å². The van der Waals surface area contributed by atoms with Crippen molar-refractivity contribution < 1.29 is 23.8 Å². The Morgan fingerprint density at radius 2 is 1.84 bits per heavy atom. The third-order valence-corrected chi connectivity index (χ3v) is 3.97. The van der Waals surface area contributed by atoms with Gasteiger partial charge < -0.3 is 24.8 Å². The summed E-state index contributed by atoms with van der Waals surface area (Å²) >= 11 is 0. The van der Waals surface area contributed by atoms with Crippen LogP contribution in [0.15, 0.2) is 36.4 Å². The molecule has 2 aliphatic heterocycles. The zero-order chi connectivity index (χ0) is 17.4. The fraction of sp³-hybridized carbons (Fsp3) is 0.222. The molecule has 2 amide bonds. The van der Waals surface area contributed by atoms with E-state index >= 15 is 0 Å². The van der Waals surface area contributed by atoms with Gasteiger partial charge in [-0.25, -0.2) is 0 Å². The van der Waals surface area contributed by atoms with E-state index in [1.54, 1.807) is 43.3 Å². The van der Waals surface area contributed by atoms with Crippen LogP contribution in [0.3, 0.4) is 0 Å². The summed E-state index contributed by atoms with van der Waals surface area (Å²) in [5.41, 5.74) is 1.54. The molecule has 7 nitrogen and oxygen atoms in total. The molecule has 0 fully saturated rings. The first-order chi connectivity index (χ1) is 12.1. The number of hydrogen-bond donors (Lipinski definition) is 2. The van der Waals surface area contributed by atoms with Crippen molar-refractivity contribution in [3.63, 3.8) is 0 Å². The third-order valence-electron chi connectivity index (χ3n) is 3.97. The molecule has 0 saturated heterocycles. The Labute approximate surface area is 143 Å². The van der Waals surface area contributed by atoms with Gasteiger partial charge in [0, 0.05) is 11.3 Å². The Kier molecular flexibility index (Phi) is 3.68. The molecule has 0 unspecified atom stereocenters. The lowest BCUT2D eigenvalue weighted by Crippen LogP contribution is -2.34. The lowest BCUT2D eigenvalue weighted by Gasteiger charge is -2.23. The molecule has 0 spiro atoms. The van der Waals surface area contributed by atoms with Crippen molar-refractivity contribution in [2.75, 3.05) is 23.8 Å². The number of hydrogen-bond acceptors (Lipinski definition) is 5. The van der Waals surface area contributed by atoms with Crippen LogP contribution in [0, 0.1) is 0 Å². The van der Waals surface area contributed by atoms with Crippen molar-refractivity contribution in [3.05, 3.63) is 42.0 Å². The van der Waals surface area contributed by atoms with Crippen LogP contribution >= 0.6 is 0 Å². The molecule has 0 aromatic heterocycles. The van der Waals surface area contributed by atoms with E-state index < -0.39 is 6.10 Å². The molecule has 128 valence electrons. The van der Waals surface area contributed by atoms with Crippen molar-refractivity contribution in [3.8, 4) is 17.2 Å². The standard InChI is InChI=1S/C18H16N2O5/c1-10-17(21)20-13-9-12(3-5-14(13)25-10)19-18(22)11-2-4-15-16(8-11)24-7-6-23-15/h2-5,8-10H,6-7H2,1H3,(H,19,22)(H,20,21)/t10-/m0/s1. The minimum Gasteiger partial charge on any atom is -0.486 e. The van der Waals surface area contributed by atoms with E-state index in [0.717, 1.165) is 0 Å². The Bertz CT molecular complexity index is 865. The van der Waals surface area contributed by atoms with Gasteiger partial charge in [0.1, 0.15) is 19.0 Å². The molecule has 2 N–H and O–H groups in total. The number of amides is 2. The van der Waals surface area contributed by atoms with E-state index in [9.17, 15) is 9.59 Å². The third kappa shape index (κ3) is 2.96. The highest BCUT2D eigenvalue weighted by atomic mass is 16.6. The number of rotatable bonds is 2. The summed E-state index contributed by atoms with van der Waals surface area (Å²) in [6, 6.07) is 10.1. The predicted molar refractivity (Wildman–Crippen MR) is 90.5 cm³/mol. The second-order valence-electron chi connectivity index (χ2n) is 5.77. The number of carbonyl (C=O) groups excluding carboxylic acids is 2. The Balaban J connectivity index is 1.53. The monoisotopic (exact) mass is 340 g/mol. The topological polar surface area (TPSA) is 85.9 Å². The van der Waals surface area contributed by atoms with Crippen molar-refractivity contribution in [1.29, 1.82) is 0 Å². The summed E-state index contributed by atoms with van der Waals surface area (Å²) < 4.78 is 16.4. The maximum absolute atomic E-state index is 12.5. The average molecular weight is 340 g/mol. The van der Waals surface area contributed by atoms with Gasteiger partial charge in [-0.05, 0) is 43.3 Å². The number of ether oxygens (including phenoxy) is 3. The molecule has 1 atom stereocenters. The maximum Gasteiger partial charge on any atom is 0.265 e. The smallest absolute Gasteiger partial charge is 0.265 e. The SMILES string of the molecule is C[C@@H]1Oc2ccc(NC(=O)c3ccc4c(c3)OCCO4)cc2NC1=O. The normalized spacial score (nSPS) is 17.8. The predicted octanol–water partition coefficient (Wildman–Crippen LogP) is 2.43. The van der Waals surface area contributed by atoms with Crippen LogP contribution < -0.4 is 24.8 Å². The van der Waals surface area contributed by atoms with Gasteiger partial charge in [0.2, 0.25) is 0 Å². The fourth-order valence-electron chi connectivity index (χ4n) is 2.67. The molecule has 0 saturated carbocycles. The quantitative estimate of drug-likeness (QED) is 0.877. The summed E-state index contributed by atoms with van der Waals surface area (Å²) in [5, 5.41) is 5.55. The van der Waals surface area contributed by atoms with Crippen LogP contribution in [0.4, 0.5) is 11.4 Å². The van der Waals surface area contributed by atoms with Gasteiger partial charge in [-0.1, -0.05) is 0 Å². The van der Waals surface area contributed by atoms with Crippen molar-refractivity contribution in [1.82, 2.24) is 0 Å². The molecule has 7 heteroatoms.